The van der Waals surface area contributed by atoms with Crippen LogP contribution in [0.5, 0.6) is 0 Å². The number of hydrogen-bond acceptors (Lipinski definition) is 4. The van der Waals surface area contributed by atoms with Gasteiger partial charge in [0.15, 0.2) is 0 Å². The summed E-state index contributed by atoms with van der Waals surface area (Å²) in [5, 5.41) is -1.09. The van der Waals surface area contributed by atoms with Crippen molar-refractivity contribution in [3.8, 4) is 0 Å². The van der Waals surface area contributed by atoms with Crippen molar-refractivity contribution in [1.82, 2.24) is 0 Å². The van der Waals surface area contributed by atoms with Crippen molar-refractivity contribution >= 4 is 44.7 Å². The number of nitrogens with two attached hydrogens (primary N) is 1. The van der Waals surface area contributed by atoms with Gasteiger partial charge in [0.05, 0.1) is 10.7 Å². The molecule has 1 rings (SSSR count). The van der Waals surface area contributed by atoms with Crippen molar-refractivity contribution in [2.75, 3.05) is 4.72 Å². The molecule has 0 aliphatic carbocycles. The second-order valence-corrected chi connectivity index (χ2v) is 7.07. The molecule has 1 aromatic rings. The zero-order valence-corrected chi connectivity index (χ0v) is 12.3. The van der Waals surface area contributed by atoms with Crippen LogP contribution in [0.15, 0.2) is 29.2 Å². The molecule has 0 aromatic heterocycles. The van der Waals surface area contributed by atoms with Gasteiger partial charge in [-0.1, -0.05) is 36.1 Å². The minimum atomic E-state index is -3.85. The van der Waals surface area contributed by atoms with E-state index in [1.807, 2.05) is 0 Å². The molecule has 0 saturated carbocycles. The molecule has 1 aromatic carbocycles. The number of thiocarbonyl (C=S) groups is 1. The summed E-state index contributed by atoms with van der Waals surface area (Å²) >= 11 is 4.88. The average molecular weight is 326 g/mol. The molecule has 106 valence electrons. The van der Waals surface area contributed by atoms with Crippen LogP contribution in [0.2, 0.25) is 0 Å². The fourth-order valence-corrected chi connectivity index (χ4v) is 3.15. The predicted octanol–water partition coefficient (Wildman–Crippen LogP) is 2.42. The Hall–Kier alpha value is -0.930. The van der Waals surface area contributed by atoms with Crippen LogP contribution in [0.3, 0.4) is 0 Å². The third kappa shape index (κ3) is 4.59. The van der Waals surface area contributed by atoms with Crippen molar-refractivity contribution in [2.45, 2.75) is 22.8 Å². The fraction of sp³-hybridized carbons (Fsp3) is 0.300. The first-order valence-electron chi connectivity index (χ1n) is 5.09. The molecule has 0 bridgehead atoms. The molecule has 0 aliphatic rings. The van der Waals surface area contributed by atoms with Gasteiger partial charge >= 0.3 is 0 Å². The zero-order chi connectivity index (χ0) is 14.6. The number of thioether (sulfide) groups is 1. The number of halogens is 2. The van der Waals surface area contributed by atoms with E-state index in [0.29, 0.717) is 0 Å². The minimum Gasteiger partial charge on any atom is -0.392 e. The van der Waals surface area contributed by atoms with E-state index in [1.165, 1.54) is 19.1 Å². The summed E-state index contributed by atoms with van der Waals surface area (Å²) in [7, 11) is -3.85. The highest BCUT2D eigenvalue weighted by atomic mass is 32.2. The number of benzene rings is 1. The van der Waals surface area contributed by atoms with Gasteiger partial charge < -0.3 is 5.73 Å². The monoisotopic (exact) mass is 326 g/mol. The molecule has 0 heterocycles. The molecule has 9 heteroatoms. The van der Waals surface area contributed by atoms with Crippen molar-refractivity contribution in [3.05, 3.63) is 24.3 Å². The molecule has 0 spiro atoms. The Bertz CT molecular complexity index is 564. The Morgan fingerprint density at radius 2 is 2.00 bits per heavy atom. The molecule has 4 nitrogen and oxygen atoms in total. The first-order valence-corrected chi connectivity index (χ1v) is 7.92. The molecule has 1 unspecified atom stereocenters. The number of alkyl halides is 2. The summed E-state index contributed by atoms with van der Waals surface area (Å²) in [6.07, 6.45) is 0. The lowest BCUT2D eigenvalue weighted by Crippen LogP contribution is -2.35. The van der Waals surface area contributed by atoms with E-state index in [4.69, 9.17) is 5.73 Å². The molecule has 0 amide bonds. The number of anilines is 1. The van der Waals surface area contributed by atoms with E-state index in [2.05, 4.69) is 16.9 Å². The summed E-state index contributed by atoms with van der Waals surface area (Å²) in [6, 6.07) is 5.88. The Morgan fingerprint density at radius 1 is 1.42 bits per heavy atom. The topological polar surface area (TPSA) is 72.2 Å². The van der Waals surface area contributed by atoms with Crippen LogP contribution < -0.4 is 10.5 Å². The second kappa shape index (κ2) is 6.49. The van der Waals surface area contributed by atoms with Gasteiger partial charge in [0.25, 0.3) is 5.76 Å². The van der Waals surface area contributed by atoms with E-state index < -0.39 is 21.0 Å². The molecule has 0 radical (unpaired) electrons. The maximum atomic E-state index is 12.4. The summed E-state index contributed by atoms with van der Waals surface area (Å²) in [5.41, 5.74) is 5.36. The van der Waals surface area contributed by atoms with Crippen molar-refractivity contribution < 1.29 is 17.2 Å². The molecule has 0 aliphatic heterocycles. The summed E-state index contributed by atoms with van der Waals surface area (Å²) in [6.45, 7) is 1.33. The molecule has 0 saturated heterocycles. The van der Waals surface area contributed by atoms with E-state index in [0.717, 1.165) is 0 Å². The van der Waals surface area contributed by atoms with Gasteiger partial charge in [0, 0.05) is 4.90 Å². The van der Waals surface area contributed by atoms with Crippen LogP contribution in [-0.4, -0.2) is 24.4 Å². The van der Waals surface area contributed by atoms with E-state index in [-0.39, 0.29) is 27.3 Å². The normalized spacial score (nSPS) is 13.3. The van der Waals surface area contributed by atoms with Crippen molar-refractivity contribution in [2.24, 2.45) is 5.73 Å². The zero-order valence-electron chi connectivity index (χ0n) is 9.84. The lowest BCUT2D eigenvalue weighted by molar-refractivity contribution is 0.252. The summed E-state index contributed by atoms with van der Waals surface area (Å²) in [4.78, 5) is -0.0530. The molecular weight excluding hydrogens is 314 g/mol. The lowest BCUT2D eigenvalue weighted by atomic mass is 10.3. The number of rotatable bonds is 6. The lowest BCUT2D eigenvalue weighted by Gasteiger charge is -2.15. The quantitative estimate of drug-likeness (QED) is 0.620. The van der Waals surface area contributed by atoms with Gasteiger partial charge in [-0.2, -0.15) is 8.78 Å². The third-order valence-electron chi connectivity index (χ3n) is 2.22. The van der Waals surface area contributed by atoms with Crippen LogP contribution in [0, 0.1) is 0 Å². The summed E-state index contributed by atoms with van der Waals surface area (Å²) in [5.74, 6) is -2.64. The first-order chi connectivity index (χ1) is 8.74. The van der Waals surface area contributed by atoms with Gasteiger partial charge in [-0.15, -0.1) is 0 Å². The minimum absolute atomic E-state index is 0.0795. The van der Waals surface area contributed by atoms with Gasteiger partial charge in [-0.25, -0.2) is 8.42 Å². The van der Waals surface area contributed by atoms with E-state index in [9.17, 15) is 17.2 Å². The standard InChI is InChI=1S/C10H12F2N2O2S3/c1-6(9(13)17)19(15,16)14-7-4-2-3-5-8(7)18-10(11)12/h2-6,10,14H,1H3,(H2,13,17). The molecular formula is C10H12F2N2O2S3. The molecule has 3 N–H and O–H groups in total. The molecule has 19 heavy (non-hydrogen) atoms. The Kier molecular flexibility index (Phi) is 5.50. The van der Waals surface area contributed by atoms with Crippen LogP contribution in [-0.2, 0) is 10.0 Å². The largest absolute Gasteiger partial charge is 0.392 e. The van der Waals surface area contributed by atoms with Gasteiger partial charge in [-0.3, -0.25) is 4.72 Å². The van der Waals surface area contributed by atoms with E-state index in [1.54, 1.807) is 12.1 Å². The number of para-hydroxylation sites is 1. The highest BCUT2D eigenvalue weighted by molar-refractivity contribution is 8.00. The van der Waals surface area contributed by atoms with Crippen LogP contribution in [0.1, 0.15) is 6.92 Å². The smallest absolute Gasteiger partial charge is 0.288 e. The first kappa shape index (κ1) is 16.1. The maximum Gasteiger partial charge on any atom is 0.288 e. The van der Waals surface area contributed by atoms with Crippen molar-refractivity contribution in [1.29, 1.82) is 0 Å². The maximum absolute atomic E-state index is 12.4. The van der Waals surface area contributed by atoms with Gasteiger partial charge in [0.1, 0.15) is 5.25 Å². The number of hydrogen-bond donors (Lipinski definition) is 2. The van der Waals surface area contributed by atoms with Crippen LogP contribution in [0.25, 0.3) is 0 Å². The SMILES string of the molecule is CC(C(N)=S)S(=O)(=O)Nc1ccccc1SC(F)F. The van der Waals surface area contributed by atoms with Crippen LogP contribution in [0.4, 0.5) is 14.5 Å². The summed E-state index contributed by atoms with van der Waals surface area (Å²) < 4.78 is 50.8. The van der Waals surface area contributed by atoms with E-state index >= 15 is 0 Å². The van der Waals surface area contributed by atoms with Gasteiger partial charge in [-0.05, 0) is 19.1 Å². The highest BCUT2D eigenvalue weighted by Gasteiger charge is 2.24. The Morgan fingerprint density at radius 3 is 2.53 bits per heavy atom. The number of sulfonamides is 1. The molecule has 0 fully saturated rings. The second-order valence-electron chi connectivity index (χ2n) is 3.57. The average Bonchev–Trinajstić information content (AvgIpc) is 2.29. The fourth-order valence-electron chi connectivity index (χ4n) is 1.14. The van der Waals surface area contributed by atoms with Crippen LogP contribution >= 0.6 is 24.0 Å². The van der Waals surface area contributed by atoms with Gasteiger partial charge in [0.2, 0.25) is 10.0 Å². The Balaban J connectivity index is 3.03. The Labute approximate surface area is 119 Å². The van der Waals surface area contributed by atoms with Crippen molar-refractivity contribution in [3.63, 3.8) is 0 Å². The number of nitrogens with one attached hydrogen (secondary N) is 1. The highest BCUT2D eigenvalue weighted by Crippen LogP contribution is 2.32. The third-order valence-corrected chi connectivity index (χ3v) is 5.20. The molecule has 1 atom stereocenters. The predicted molar refractivity (Wildman–Crippen MR) is 77.1 cm³/mol.